The van der Waals surface area contributed by atoms with Crippen LogP contribution in [0.25, 0.3) is 0 Å². The Labute approximate surface area is 108 Å². The van der Waals surface area contributed by atoms with Gasteiger partial charge in [-0.3, -0.25) is 4.98 Å². The van der Waals surface area contributed by atoms with Crippen LogP contribution < -0.4 is 0 Å². The van der Waals surface area contributed by atoms with Gasteiger partial charge in [-0.15, -0.1) is 0 Å². The van der Waals surface area contributed by atoms with Crippen LogP contribution in [0.3, 0.4) is 0 Å². The van der Waals surface area contributed by atoms with Gasteiger partial charge in [0.1, 0.15) is 5.75 Å². The van der Waals surface area contributed by atoms with Crippen molar-refractivity contribution < 1.29 is 5.11 Å². The first-order valence-electron chi connectivity index (χ1n) is 7.48. The molecule has 3 aliphatic rings. The second kappa shape index (κ2) is 3.72. The smallest absolute Gasteiger partial charge is 0.134 e. The number of aromatic nitrogens is 1. The summed E-state index contributed by atoms with van der Waals surface area (Å²) in [7, 11) is 0. The van der Waals surface area contributed by atoms with Crippen LogP contribution in [0.1, 0.15) is 56.2 Å². The first-order valence-corrected chi connectivity index (χ1v) is 7.48. The summed E-state index contributed by atoms with van der Waals surface area (Å²) in [5, 5.41) is 9.81. The Morgan fingerprint density at radius 1 is 1.17 bits per heavy atom. The van der Waals surface area contributed by atoms with Crippen LogP contribution >= 0.6 is 0 Å². The SMILES string of the molecule is Oc1cnc2c(c1)C13CCCCC1C(CCC3)C2. The highest BCUT2D eigenvalue weighted by molar-refractivity contribution is 5.40. The summed E-state index contributed by atoms with van der Waals surface area (Å²) in [4.78, 5) is 4.54. The third-order valence-corrected chi connectivity index (χ3v) is 5.81. The Morgan fingerprint density at radius 2 is 2.06 bits per heavy atom. The third kappa shape index (κ3) is 1.32. The fourth-order valence-corrected chi connectivity index (χ4v) is 5.18. The van der Waals surface area contributed by atoms with Crippen molar-refractivity contribution in [2.45, 2.75) is 56.8 Å². The molecule has 96 valence electrons. The predicted molar refractivity (Wildman–Crippen MR) is 70.6 cm³/mol. The molecule has 2 nitrogen and oxygen atoms in total. The summed E-state index contributed by atoms with van der Waals surface area (Å²) in [6, 6.07) is 2.03. The zero-order valence-corrected chi connectivity index (χ0v) is 10.9. The molecular weight excluding hydrogens is 222 g/mol. The maximum Gasteiger partial charge on any atom is 0.134 e. The molecule has 2 saturated carbocycles. The van der Waals surface area contributed by atoms with Gasteiger partial charge in [0.25, 0.3) is 0 Å². The Kier molecular flexibility index (Phi) is 2.24. The molecule has 3 atom stereocenters. The maximum absolute atomic E-state index is 9.81. The van der Waals surface area contributed by atoms with Gasteiger partial charge in [-0.1, -0.05) is 19.3 Å². The average Bonchev–Trinajstić information content (AvgIpc) is 2.40. The first-order chi connectivity index (χ1) is 8.79. The van der Waals surface area contributed by atoms with Gasteiger partial charge in [-0.2, -0.15) is 0 Å². The molecule has 1 heterocycles. The molecule has 1 aromatic heterocycles. The summed E-state index contributed by atoms with van der Waals surface area (Å²) in [5.41, 5.74) is 3.07. The van der Waals surface area contributed by atoms with Crippen LogP contribution in [-0.4, -0.2) is 10.1 Å². The first kappa shape index (κ1) is 10.8. The maximum atomic E-state index is 9.81. The Balaban J connectivity index is 1.91. The normalized spacial score (nSPS) is 37.8. The van der Waals surface area contributed by atoms with Crippen LogP contribution in [0.5, 0.6) is 5.75 Å². The van der Waals surface area contributed by atoms with E-state index in [-0.39, 0.29) is 0 Å². The largest absolute Gasteiger partial charge is 0.506 e. The summed E-state index contributed by atoms with van der Waals surface area (Å²) in [5.74, 6) is 2.09. The highest BCUT2D eigenvalue weighted by atomic mass is 16.3. The molecule has 3 aliphatic carbocycles. The van der Waals surface area contributed by atoms with Crippen LogP contribution in [0.2, 0.25) is 0 Å². The van der Waals surface area contributed by atoms with Crippen molar-refractivity contribution in [1.29, 1.82) is 0 Å². The molecule has 2 bridgehead atoms. The molecule has 2 fully saturated rings. The summed E-state index contributed by atoms with van der Waals surface area (Å²) >= 11 is 0. The molecule has 4 rings (SSSR count). The van der Waals surface area contributed by atoms with E-state index in [1.165, 1.54) is 56.2 Å². The molecule has 1 aromatic rings. The van der Waals surface area contributed by atoms with Crippen molar-refractivity contribution in [3.8, 4) is 5.75 Å². The van der Waals surface area contributed by atoms with Gasteiger partial charge in [-0.25, -0.2) is 0 Å². The van der Waals surface area contributed by atoms with Crippen molar-refractivity contribution in [3.63, 3.8) is 0 Å². The third-order valence-electron chi connectivity index (χ3n) is 5.81. The van der Waals surface area contributed by atoms with E-state index in [1.54, 1.807) is 6.20 Å². The van der Waals surface area contributed by atoms with E-state index in [4.69, 9.17) is 0 Å². The van der Waals surface area contributed by atoms with E-state index in [1.807, 2.05) is 6.07 Å². The lowest BCUT2D eigenvalue weighted by molar-refractivity contribution is 0.0506. The fraction of sp³-hybridized carbons (Fsp3) is 0.688. The van der Waals surface area contributed by atoms with E-state index in [9.17, 15) is 5.11 Å². The molecule has 1 N–H and O–H groups in total. The minimum absolute atomic E-state index is 0.358. The second-order valence-corrected chi connectivity index (χ2v) is 6.55. The fourth-order valence-electron chi connectivity index (χ4n) is 5.18. The number of rotatable bonds is 0. The molecular formula is C16H21NO. The number of nitrogens with zero attached hydrogens (tertiary/aromatic N) is 1. The van der Waals surface area contributed by atoms with Gasteiger partial charge in [0.2, 0.25) is 0 Å². The highest BCUT2D eigenvalue weighted by Gasteiger charge is 2.51. The van der Waals surface area contributed by atoms with Crippen LogP contribution in [0.4, 0.5) is 0 Å². The van der Waals surface area contributed by atoms with Crippen LogP contribution in [-0.2, 0) is 11.8 Å². The molecule has 3 unspecified atom stereocenters. The van der Waals surface area contributed by atoms with E-state index >= 15 is 0 Å². The molecule has 18 heavy (non-hydrogen) atoms. The topological polar surface area (TPSA) is 33.1 Å². The van der Waals surface area contributed by atoms with Gasteiger partial charge in [0.05, 0.1) is 6.20 Å². The molecule has 0 aliphatic heterocycles. The van der Waals surface area contributed by atoms with Crippen molar-refractivity contribution in [2.75, 3.05) is 0 Å². The van der Waals surface area contributed by atoms with Crippen molar-refractivity contribution in [2.24, 2.45) is 11.8 Å². The predicted octanol–water partition coefficient (Wildman–Crippen LogP) is 3.57. The number of fused-ring (bicyclic) bond motifs is 1. The Hall–Kier alpha value is -1.05. The van der Waals surface area contributed by atoms with Gasteiger partial charge >= 0.3 is 0 Å². The lowest BCUT2D eigenvalue weighted by atomic mass is 9.49. The lowest BCUT2D eigenvalue weighted by Gasteiger charge is -2.55. The monoisotopic (exact) mass is 243 g/mol. The molecule has 2 heteroatoms. The van der Waals surface area contributed by atoms with Gasteiger partial charge in [-0.05, 0) is 55.6 Å². The van der Waals surface area contributed by atoms with Crippen LogP contribution in [0, 0.1) is 11.8 Å². The molecule has 0 radical (unpaired) electrons. The average molecular weight is 243 g/mol. The number of pyridine rings is 1. The van der Waals surface area contributed by atoms with E-state index < -0.39 is 0 Å². The van der Waals surface area contributed by atoms with Crippen molar-refractivity contribution in [1.82, 2.24) is 4.98 Å². The zero-order valence-electron chi connectivity index (χ0n) is 10.9. The zero-order chi connectivity index (χ0) is 12.2. The standard InChI is InChI=1S/C16H21NO/c18-12-9-14-15(17-10-12)8-11-4-3-7-16(14)6-2-1-5-13(11)16/h9-11,13,18H,1-8H2. The molecule has 0 amide bonds. The van der Waals surface area contributed by atoms with E-state index in [2.05, 4.69) is 4.98 Å². The molecule has 0 saturated heterocycles. The minimum atomic E-state index is 0.358. The van der Waals surface area contributed by atoms with Gasteiger partial charge in [0.15, 0.2) is 0 Å². The quantitative estimate of drug-likeness (QED) is 0.755. The molecule has 0 aromatic carbocycles. The van der Waals surface area contributed by atoms with Gasteiger partial charge in [0, 0.05) is 11.1 Å². The minimum Gasteiger partial charge on any atom is -0.506 e. The number of aromatic hydroxyl groups is 1. The number of hydrogen-bond donors (Lipinski definition) is 1. The summed E-state index contributed by atoms with van der Waals surface area (Å²) in [6.45, 7) is 0. The summed E-state index contributed by atoms with van der Waals surface area (Å²) < 4.78 is 0. The summed E-state index contributed by atoms with van der Waals surface area (Å²) in [6.07, 6.45) is 12.4. The highest BCUT2D eigenvalue weighted by Crippen LogP contribution is 2.58. The number of hydrogen-bond acceptors (Lipinski definition) is 2. The van der Waals surface area contributed by atoms with Crippen molar-refractivity contribution in [3.05, 3.63) is 23.5 Å². The van der Waals surface area contributed by atoms with E-state index in [0.717, 1.165) is 18.3 Å². The van der Waals surface area contributed by atoms with Gasteiger partial charge < -0.3 is 5.11 Å². The van der Waals surface area contributed by atoms with E-state index in [0.29, 0.717) is 11.2 Å². The lowest BCUT2D eigenvalue weighted by Crippen LogP contribution is -2.49. The molecule has 0 spiro atoms. The Morgan fingerprint density at radius 3 is 3.00 bits per heavy atom. The second-order valence-electron chi connectivity index (χ2n) is 6.55. The van der Waals surface area contributed by atoms with Crippen molar-refractivity contribution >= 4 is 0 Å². The Bertz CT molecular complexity index is 480. The van der Waals surface area contributed by atoms with Crippen LogP contribution in [0.15, 0.2) is 12.3 Å².